The van der Waals surface area contributed by atoms with E-state index in [0.717, 1.165) is 17.3 Å². The van der Waals surface area contributed by atoms with E-state index in [-0.39, 0.29) is 24.3 Å². The zero-order valence-electron chi connectivity index (χ0n) is 13.7. The Hall–Kier alpha value is -2.73. The Kier molecular flexibility index (Phi) is 5.40. The topological polar surface area (TPSA) is 55.8 Å². The van der Waals surface area contributed by atoms with Gasteiger partial charge in [-0.2, -0.15) is 0 Å². The number of para-hydroxylation sites is 2. The molecule has 1 fully saturated rings. The number of carbonyl (C=O) groups excluding carboxylic acids is 2. The van der Waals surface area contributed by atoms with E-state index in [4.69, 9.17) is 9.47 Å². The Labute approximate surface area is 150 Å². The van der Waals surface area contributed by atoms with Crippen LogP contribution in [-0.4, -0.2) is 36.3 Å². The third-order valence-corrected chi connectivity index (χ3v) is 4.52. The molecule has 1 aliphatic rings. The van der Waals surface area contributed by atoms with Crippen molar-refractivity contribution in [1.29, 1.82) is 0 Å². The second-order valence-electron chi connectivity index (χ2n) is 5.24. The van der Waals surface area contributed by atoms with Crippen LogP contribution in [0.2, 0.25) is 0 Å². The lowest BCUT2D eigenvalue weighted by molar-refractivity contribution is -0.123. The molecule has 0 atom stereocenters. The Morgan fingerprint density at radius 2 is 1.68 bits per heavy atom. The molecule has 0 saturated carbocycles. The summed E-state index contributed by atoms with van der Waals surface area (Å²) in [5.74, 6) is 0.903. The van der Waals surface area contributed by atoms with Gasteiger partial charge in [-0.15, -0.1) is 0 Å². The Morgan fingerprint density at radius 3 is 2.40 bits per heavy atom. The summed E-state index contributed by atoms with van der Waals surface area (Å²) in [6, 6.07) is 16.7. The summed E-state index contributed by atoms with van der Waals surface area (Å²) >= 11 is 0.949. The molecule has 1 aliphatic heterocycles. The summed E-state index contributed by atoms with van der Waals surface area (Å²) in [4.78, 5) is 26.1. The van der Waals surface area contributed by atoms with E-state index in [0.29, 0.717) is 16.4 Å². The quantitative estimate of drug-likeness (QED) is 0.738. The van der Waals surface area contributed by atoms with E-state index < -0.39 is 0 Å². The Morgan fingerprint density at radius 1 is 1.00 bits per heavy atom. The lowest BCUT2D eigenvalue weighted by Gasteiger charge is -2.14. The van der Waals surface area contributed by atoms with Crippen LogP contribution in [0, 0.1) is 0 Å². The largest absolute Gasteiger partial charge is 0.493 e. The molecule has 6 heteroatoms. The van der Waals surface area contributed by atoms with E-state index in [9.17, 15) is 9.59 Å². The second kappa shape index (κ2) is 7.90. The van der Waals surface area contributed by atoms with Crippen molar-refractivity contribution in [2.24, 2.45) is 0 Å². The molecular weight excluding hydrogens is 338 g/mol. The number of benzene rings is 2. The minimum Gasteiger partial charge on any atom is -0.493 e. The van der Waals surface area contributed by atoms with Gasteiger partial charge in [0.25, 0.3) is 11.1 Å². The maximum absolute atomic E-state index is 12.4. The van der Waals surface area contributed by atoms with Crippen LogP contribution in [0.1, 0.15) is 5.56 Å². The number of methoxy groups -OCH3 is 1. The van der Waals surface area contributed by atoms with E-state index >= 15 is 0 Å². The van der Waals surface area contributed by atoms with Gasteiger partial charge in [0.2, 0.25) is 0 Å². The van der Waals surface area contributed by atoms with Crippen LogP contribution in [0.25, 0.3) is 6.08 Å². The van der Waals surface area contributed by atoms with Gasteiger partial charge in [0, 0.05) is 0 Å². The van der Waals surface area contributed by atoms with Crippen LogP contribution < -0.4 is 9.47 Å². The van der Waals surface area contributed by atoms with Gasteiger partial charge in [-0.25, -0.2) is 0 Å². The van der Waals surface area contributed by atoms with Crippen molar-refractivity contribution in [2.75, 3.05) is 20.3 Å². The number of ether oxygens (including phenoxy) is 2. The SMILES string of the molecule is COc1ccccc1OCCN1C(=O)S/C(=C\c2ccccc2)C1=O. The van der Waals surface area contributed by atoms with Crippen LogP contribution in [0.3, 0.4) is 0 Å². The van der Waals surface area contributed by atoms with Gasteiger partial charge in [0.05, 0.1) is 18.6 Å². The number of hydrogen-bond donors (Lipinski definition) is 0. The molecule has 2 amide bonds. The van der Waals surface area contributed by atoms with E-state index in [1.165, 1.54) is 4.90 Å². The first-order valence-corrected chi connectivity index (χ1v) is 8.57. The first-order chi connectivity index (χ1) is 12.2. The highest BCUT2D eigenvalue weighted by molar-refractivity contribution is 8.18. The fourth-order valence-electron chi connectivity index (χ4n) is 2.38. The van der Waals surface area contributed by atoms with Crippen molar-refractivity contribution >= 4 is 29.0 Å². The summed E-state index contributed by atoms with van der Waals surface area (Å²) in [7, 11) is 1.56. The van der Waals surface area contributed by atoms with Crippen molar-refractivity contribution in [2.45, 2.75) is 0 Å². The predicted octanol–water partition coefficient (Wildman–Crippen LogP) is 3.81. The summed E-state index contributed by atoms with van der Waals surface area (Å²) < 4.78 is 10.8. The minimum atomic E-state index is -0.289. The fourth-order valence-corrected chi connectivity index (χ4v) is 3.24. The van der Waals surface area contributed by atoms with Gasteiger partial charge in [-0.3, -0.25) is 14.5 Å². The van der Waals surface area contributed by atoms with E-state index in [1.807, 2.05) is 42.5 Å². The van der Waals surface area contributed by atoms with Gasteiger partial charge in [-0.05, 0) is 35.5 Å². The highest BCUT2D eigenvalue weighted by Gasteiger charge is 2.34. The number of carbonyl (C=O) groups is 2. The number of nitrogens with zero attached hydrogens (tertiary/aromatic N) is 1. The molecule has 1 heterocycles. The first-order valence-electron chi connectivity index (χ1n) is 7.75. The molecule has 25 heavy (non-hydrogen) atoms. The van der Waals surface area contributed by atoms with E-state index in [1.54, 1.807) is 25.3 Å². The van der Waals surface area contributed by atoms with Crippen molar-refractivity contribution in [3.8, 4) is 11.5 Å². The zero-order chi connectivity index (χ0) is 17.6. The number of rotatable bonds is 6. The van der Waals surface area contributed by atoms with Crippen molar-refractivity contribution in [3.05, 3.63) is 65.1 Å². The highest BCUT2D eigenvalue weighted by atomic mass is 32.2. The van der Waals surface area contributed by atoms with Crippen LogP contribution in [0.5, 0.6) is 11.5 Å². The molecule has 5 nitrogen and oxygen atoms in total. The Bertz CT molecular complexity index is 804. The third-order valence-electron chi connectivity index (χ3n) is 3.61. The number of thioether (sulfide) groups is 1. The molecule has 3 rings (SSSR count). The normalized spacial score (nSPS) is 15.7. The maximum atomic E-state index is 12.4. The second-order valence-corrected chi connectivity index (χ2v) is 6.24. The van der Waals surface area contributed by atoms with Gasteiger partial charge in [-0.1, -0.05) is 42.5 Å². The van der Waals surface area contributed by atoms with Crippen molar-refractivity contribution in [3.63, 3.8) is 0 Å². The van der Waals surface area contributed by atoms with Crippen LogP contribution in [0.15, 0.2) is 59.5 Å². The monoisotopic (exact) mass is 355 g/mol. The Balaban J connectivity index is 1.62. The van der Waals surface area contributed by atoms with Crippen LogP contribution >= 0.6 is 11.8 Å². The molecule has 2 aromatic rings. The van der Waals surface area contributed by atoms with Crippen molar-refractivity contribution in [1.82, 2.24) is 4.90 Å². The standard InChI is InChI=1S/C19H17NO4S/c1-23-15-9-5-6-10-16(15)24-12-11-20-18(21)17(25-19(20)22)13-14-7-3-2-4-8-14/h2-10,13H,11-12H2,1H3/b17-13-. The summed E-state index contributed by atoms with van der Waals surface area (Å²) in [5.41, 5.74) is 0.887. The molecule has 0 aliphatic carbocycles. The lowest BCUT2D eigenvalue weighted by Crippen LogP contribution is -2.32. The first kappa shape index (κ1) is 17.1. The summed E-state index contributed by atoms with van der Waals surface area (Å²) in [5, 5.41) is -0.282. The highest BCUT2D eigenvalue weighted by Crippen LogP contribution is 2.32. The van der Waals surface area contributed by atoms with Crippen molar-refractivity contribution < 1.29 is 19.1 Å². The third kappa shape index (κ3) is 4.03. The number of imide groups is 1. The van der Waals surface area contributed by atoms with Crippen LogP contribution in [0.4, 0.5) is 4.79 Å². The maximum Gasteiger partial charge on any atom is 0.293 e. The minimum absolute atomic E-state index is 0.189. The van der Waals surface area contributed by atoms with Gasteiger partial charge < -0.3 is 9.47 Å². The molecule has 0 radical (unpaired) electrons. The van der Waals surface area contributed by atoms with Crippen LogP contribution in [-0.2, 0) is 4.79 Å². The molecule has 0 N–H and O–H groups in total. The molecule has 0 bridgehead atoms. The molecule has 1 saturated heterocycles. The van der Waals surface area contributed by atoms with E-state index in [2.05, 4.69) is 0 Å². The van der Waals surface area contributed by atoms with Gasteiger partial charge in [0.1, 0.15) is 6.61 Å². The molecule has 0 spiro atoms. The molecular formula is C19H17NO4S. The lowest BCUT2D eigenvalue weighted by atomic mass is 10.2. The molecule has 0 aromatic heterocycles. The number of amides is 2. The molecule has 2 aromatic carbocycles. The summed E-state index contributed by atoms with van der Waals surface area (Å²) in [6.07, 6.45) is 1.73. The smallest absolute Gasteiger partial charge is 0.293 e. The fraction of sp³-hybridized carbons (Fsp3) is 0.158. The average molecular weight is 355 g/mol. The number of hydrogen-bond acceptors (Lipinski definition) is 5. The molecule has 128 valence electrons. The zero-order valence-corrected chi connectivity index (χ0v) is 14.5. The average Bonchev–Trinajstić information content (AvgIpc) is 2.90. The summed E-state index contributed by atoms with van der Waals surface area (Å²) in [6.45, 7) is 0.395. The molecule has 0 unspecified atom stereocenters. The van der Waals surface area contributed by atoms with Gasteiger partial charge in [0.15, 0.2) is 11.5 Å². The predicted molar refractivity (Wildman–Crippen MR) is 97.6 cm³/mol. The van der Waals surface area contributed by atoms with Gasteiger partial charge >= 0.3 is 0 Å².